The van der Waals surface area contributed by atoms with Gasteiger partial charge < -0.3 is 14.5 Å². The Morgan fingerprint density at radius 2 is 2.19 bits per heavy atom. The maximum atomic E-state index is 13.7. The predicted molar refractivity (Wildman–Crippen MR) is 76.0 cm³/mol. The average Bonchev–Trinajstić information content (AvgIpc) is 2.91. The van der Waals surface area contributed by atoms with Gasteiger partial charge in [0.2, 0.25) is 0 Å². The summed E-state index contributed by atoms with van der Waals surface area (Å²) < 4.78 is 24.5. The summed E-state index contributed by atoms with van der Waals surface area (Å²) in [6, 6.07) is 9.88. The van der Waals surface area contributed by atoms with Gasteiger partial charge in [-0.15, -0.1) is 0 Å². The van der Waals surface area contributed by atoms with Crippen LogP contribution >= 0.6 is 0 Å². The van der Waals surface area contributed by atoms with E-state index in [-0.39, 0.29) is 18.4 Å². The van der Waals surface area contributed by atoms with Crippen molar-refractivity contribution in [2.24, 2.45) is 0 Å². The standard InChI is InChI=1S/C16H17FN2O2/c1-11-3-6-16(21-11)15(10-20-2)19-9-13-7-12(8-18)4-5-14(13)17/h3-7,15,19H,9-10H2,1-2H3/t15-/m0/s1. The molecule has 1 heterocycles. The highest BCUT2D eigenvalue weighted by Gasteiger charge is 2.15. The molecule has 5 heteroatoms. The summed E-state index contributed by atoms with van der Waals surface area (Å²) in [6.45, 7) is 2.56. The third-order valence-corrected chi connectivity index (χ3v) is 3.15. The van der Waals surface area contributed by atoms with Crippen LogP contribution in [-0.4, -0.2) is 13.7 Å². The van der Waals surface area contributed by atoms with Gasteiger partial charge >= 0.3 is 0 Å². The van der Waals surface area contributed by atoms with E-state index in [0.717, 1.165) is 11.5 Å². The zero-order valence-corrected chi connectivity index (χ0v) is 12.0. The first-order chi connectivity index (χ1) is 10.1. The number of methoxy groups -OCH3 is 1. The van der Waals surface area contributed by atoms with E-state index in [1.807, 2.05) is 25.1 Å². The van der Waals surface area contributed by atoms with Gasteiger partial charge in [-0.1, -0.05) is 0 Å². The molecule has 0 spiro atoms. The molecule has 0 saturated carbocycles. The van der Waals surface area contributed by atoms with Gasteiger partial charge in [-0.25, -0.2) is 4.39 Å². The van der Waals surface area contributed by atoms with Gasteiger partial charge in [-0.2, -0.15) is 5.26 Å². The maximum absolute atomic E-state index is 13.7. The van der Waals surface area contributed by atoms with Gasteiger partial charge in [-0.05, 0) is 37.3 Å². The number of hydrogen-bond donors (Lipinski definition) is 1. The van der Waals surface area contributed by atoms with Gasteiger partial charge in [-0.3, -0.25) is 0 Å². The van der Waals surface area contributed by atoms with E-state index >= 15 is 0 Å². The van der Waals surface area contributed by atoms with Gasteiger partial charge in [0.25, 0.3) is 0 Å². The summed E-state index contributed by atoms with van der Waals surface area (Å²) in [6.07, 6.45) is 0. The Morgan fingerprint density at radius 1 is 1.38 bits per heavy atom. The zero-order chi connectivity index (χ0) is 15.2. The lowest BCUT2D eigenvalue weighted by Crippen LogP contribution is -2.25. The van der Waals surface area contributed by atoms with Crippen molar-refractivity contribution in [1.29, 1.82) is 5.26 Å². The molecule has 0 bridgehead atoms. The van der Waals surface area contributed by atoms with Crippen LogP contribution in [0.1, 0.15) is 28.7 Å². The van der Waals surface area contributed by atoms with E-state index in [9.17, 15) is 4.39 Å². The van der Waals surface area contributed by atoms with Gasteiger partial charge in [0, 0.05) is 19.2 Å². The fraction of sp³-hybridized carbons (Fsp3) is 0.312. The first-order valence-electron chi connectivity index (χ1n) is 6.61. The molecule has 1 atom stereocenters. The van der Waals surface area contributed by atoms with Crippen LogP contribution in [-0.2, 0) is 11.3 Å². The molecule has 1 aromatic heterocycles. The summed E-state index contributed by atoms with van der Waals surface area (Å²) in [5, 5.41) is 12.1. The van der Waals surface area contributed by atoms with Crippen molar-refractivity contribution < 1.29 is 13.5 Å². The number of halogens is 1. The van der Waals surface area contributed by atoms with Crippen LogP contribution in [0.4, 0.5) is 4.39 Å². The molecule has 21 heavy (non-hydrogen) atoms. The lowest BCUT2D eigenvalue weighted by Gasteiger charge is -2.16. The molecule has 2 rings (SSSR count). The Labute approximate surface area is 123 Å². The lowest BCUT2D eigenvalue weighted by atomic mass is 10.1. The van der Waals surface area contributed by atoms with E-state index in [2.05, 4.69) is 5.32 Å². The van der Waals surface area contributed by atoms with Crippen LogP contribution in [0.2, 0.25) is 0 Å². The number of benzene rings is 1. The third kappa shape index (κ3) is 3.91. The first kappa shape index (κ1) is 15.2. The molecular formula is C16H17FN2O2. The molecule has 1 aromatic carbocycles. The molecule has 1 N–H and O–H groups in total. The molecular weight excluding hydrogens is 271 g/mol. The predicted octanol–water partition coefficient (Wildman–Crippen LogP) is 3.08. The van der Waals surface area contributed by atoms with Crippen molar-refractivity contribution in [1.82, 2.24) is 5.32 Å². The largest absolute Gasteiger partial charge is 0.465 e. The van der Waals surface area contributed by atoms with Crippen molar-refractivity contribution in [2.75, 3.05) is 13.7 Å². The summed E-state index contributed by atoms with van der Waals surface area (Å²) >= 11 is 0. The summed E-state index contributed by atoms with van der Waals surface area (Å²) in [4.78, 5) is 0. The van der Waals surface area contributed by atoms with Crippen molar-refractivity contribution in [3.05, 3.63) is 58.8 Å². The Bertz CT molecular complexity index is 646. The second kappa shape index (κ2) is 7.02. The number of hydrogen-bond acceptors (Lipinski definition) is 4. The summed E-state index contributed by atoms with van der Waals surface area (Å²) in [5.74, 6) is 1.21. The van der Waals surface area contributed by atoms with E-state index in [4.69, 9.17) is 14.4 Å². The number of aryl methyl sites for hydroxylation is 1. The minimum absolute atomic E-state index is 0.172. The topological polar surface area (TPSA) is 58.2 Å². The number of rotatable bonds is 6. The summed E-state index contributed by atoms with van der Waals surface area (Å²) in [5.41, 5.74) is 0.878. The molecule has 2 aromatic rings. The average molecular weight is 288 g/mol. The number of ether oxygens (including phenoxy) is 1. The van der Waals surface area contributed by atoms with E-state index < -0.39 is 0 Å². The van der Waals surface area contributed by atoms with E-state index in [1.165, 1.54) is 12.1 Å². The highest BCUT2D eigenvalue weighted by atomic mass is 19.1. The van der Waals surface area contributed by atoms with Crippen molar-refractivity contribution in [2.45, 2.75) is 19.5 Å². The highest BCUT2D eigenvalue weighted by Crippen LogP contribution is 2.18. The zero-order valence-electron chi connectivity index (χ0n) is 12.0. The lowest BCUT2D eigenvalue weighted by molar-refractivity contribution is 0.155. The van der Waals surface area contributed by atoms with Crippen LogP contribution in [0.5, 0.6) is 0 Å². The van der Waals surface area contributed by atoms with Gasteiger partial charge in [0.15, 0.2) is 0 Å². The molecule has 110 valence electrons. The third-order valence-electron chi connectivity index (χ3n) is 3.15. The molecule has 0 fully saturated rings. The second-order valence-corrected chi connectivity index (χ2v) is 4.76. The molecule has 4 nitrogen and oxygen atoms in total. The van der Waals surface area contributed by atoms with Crippen molar-refractivity contribution in [3.8, 4) is 6.07 Å². The fourth-order valence-electron chi connectivity index (χ4n) is 2.06. The molecule has 0 unspecified atom stereocenters. The van der Waals surface area contributed by atoms with Crippen molar-refractivity contribution >= 4 is 0 Å². The van der Waals surface area contributed by atoms with E-state index in [1.54, 1.807) is 13.2 Å². The van der Waals surface area contributed by atoms with E-state index in [0.29, 0.717) is 17.7 Å². The van der Waals surface area contributed by atoms with Crippen molar-refractivity contribution in [3.63, 3.8) is 0 Å². The SMILES string of the molecule is COC[C@H](NCc1cc(C#N)ccc1F)c1ccc(C)o1. The number of nitriles is 1. The van der Waals surface area contributed by atoms with Gasteiger partial charge in [0.05, 0.1) is 24.3 Å². The minimum Gasteiger partial charge on any atom is -0.465 e. The van der Waals surface area contributed by atoms with Crippen LogP contribution in [0.15, 0.2) is 34.7 Å². The Balaban J connectivity index is 2.10. The Morgan fingerprint density at radius 3 is 2.81 bits per heavy atom. The highest BCUT2D eigenvalue weighted by molar-refractivity contribution is 5.33. The molecule has 0 aliphatic carbocycles. The second-order valence-electron chi connectivity index (χ2n) is 4.76. The summed E-state index contributed by atoms with van der Waals surface area (Å²) in [7, 11) is 1.60. The first-order valence-corrected chi connectivity index (χ1v) is 6.61. The van der Waals surface area contributed by atoms with Crippen LogP contribution in [0.25, 0.3) is 0 Å². The monoisotopic (exact) mass is 288 g/mol. The normalized spacial score (nSPS) is 12.1. The Hall–Kier alpha value is -2.16. The minimum atomic E-state index is -0.340. The number of nitrogens with zero attached hydrogens (tertiary/aromatic N) is 1. The molecule has 0 amide bonds. The fourth-order valence-corrected chi connectivity index (χ4v) is 2.06. The molecule has 0 aliphatic rings. The number of nitrogens with one attached hydrogen (secondary N) is 1. The van der Waals surface area contributed by atoms with Crippen LogP contribution < -0.4 is 5.32 Å². The smallest absolute Gasteiger partial charge is 0.127 e. The van der Waals surface area contributed by atoms with Gasteiger partial charge in [0.1, 0.15) is 17.3 Å². The molecule has 0 aliphatic heterocycles. The maximum Gasteiger partial charge on any atom is 0.127 e. The molecule has 0 radical (unpaired) electrons. The number of furan rings is 1. The van der Waals surface area contributed by atoms with Crippen LogP contribution in [0, 0.1) is 24.1 Å². The quantitative estimate of drug-likeness (QED) is 0.887. The van der Waals surface area contributed by atoms with Crippen LogP contribution in [0.3, 0.4) is 0 Å². The molecule has 0 saturated heterocycles. The Kier molecular flexibility index (Phi) is 5.09.